The Bertz CT molecular complexity index is 755. The van der Waals surface area contributed by atoms with E-state index in [0.717, 1.165) is 31.5 Å². The summed E-state index contributed by atoms with van der Waals surface area (Å²) < 4.78 is 6.23. The average Bonchev–Trinajstić information content (AvgIpc) is 3.22. The molecule has 0 N–H and O–H groups in total. The molecule has 0 unspecified atom stereocenters. The summed E-state index contributed by atoms with van der Waals surface area (Å²) in [6.07, 6.45) is 3.95. The van der Waals surface area contributed by atoms with Crippen molar-refractivity contribution in [2.24, 2.45) is 0 Å². The average molecular weight is 391 g/mol. The number of hydrogen-bond acceptors (Lipinski definition) is 5. The third kappa shape index (κ3) is 4.27. The van der Waals surface area contributed by atoms with Gasteiger partial charge in [0.25, 0.3) is 11.8 Å². The van der Waals surface area contributed by atoms with Crippen LogP contribution < -0.4 is 4.74 Å². The molecule has 0 aliphatic carbocycles. The molecule has 0 saturated carbocycles. The number of hydrogen-bond donors (Lipinski definition) is 0. The zero-order chi connectivity index (χ0) is 18.7. The molecule has 0 spiro atoms. The van der Waals surface area contributed by atoms with E-state index in [1.807, 2.05) is 49.1 Å². The third-order valence-electron chi connectivity index (χ3n) is 4.32. The molecule has 138 valence electrons. The normalized spacial score (nSPS) is 19.1. The molecule has 2 saturated heterocycles. The van der Waals surface area contributed by atoms with Gasteiger partial charge in [-0.25, -0.2) is 0 Å². The van der Waals surface area contributed by atoms with Gasteiger partial charge in [-0.15, -0.1) is 0 Å². The van der Waals surface area contributed by atoms with Crippen LogP contribution in [0.5, 0.6) is 5.75 Å². The van der Waals surface area contributed by atoms with Crippen LogP contribution in [-0.2, 0) is 9.59 Å². The van der Waals surface area contributed by atoms with Crippen LogP contribution in [0.1, 0.15) is 32.3 Å². The summed E-state index contributed by atoms with van der Waals surface area (Å²) in [5.74, 6) is 0.571. The molecule has 3 rings (SSSR count). The zero-order valence-corrected chi connectivity index (χ0v) is 16.6. The van der Waals surface area contributed by atoms with Gasteiger partial charge in [-0.3, -0.25) is 14.5 Å². The summed E-state index contributed by atoms with van der Waals surface area (Å²) in [6, 6.07) is 7.44. The zero-order valence-electron chi connectivity index (χ0n) is 14.9. The Morgan fingerprint density at radius 3 is 2.73 bits per heavy atom. The molecule has 1 aromatic rings. The Kier molecular flexibility index (Phi) is 5.98. The lowest BCUT2D eigenvalue weighted by atomic mass is 10.2. The lowest BCUT2D eigenvalue weighted by molar-refractivity contribution is -0.132. The molecule has 2 aliphatic heterocycles. The molecule has 5 nitrogen and oxygen atoms in total. The summed E-state index contributed by atoms with van der Waals surface area (Å²) in [7, 11) is 0. The van der Waals surface area contributed by atoms with Crippen LogP contribution in [0.15, 0.2) is 29.2 Å². The maximum absolute atomic E-state index is 12.5. The number of carbonyl (C=O) groups is 2. The van der Waals surface area contributed by atoms with Crippen molar-refractivity contribution in [2.45, 2.75) is 32.7 Å². The third-order valence-corrected chi connectivity index (χ3v) is 5.65. The molecule has 2 fully saturated rings. The highest BCUT2D eigenvalue weighted by molar-refractivity contribution is 8.26. The highest BCUT2D eigenvalue weighted by atomic mass is 32.2. The molecule has 26 heavy (non-hydrogen) atoms. The smallest absolute Gasteiger partial charge is 0.266 e. The van der Waals surface area contributed by atoms with Crippen molar-refractivity contribution in [3.05, 3.63) is 34.7 Å². The predicted octanol–water partition coefficient (Wildman–Crippen LogP) is 3.30. The molecule has 7 heteroatoms. The minimum Gasteiger partial charge on any atom is -0.484 e. The van der Waals surface area contributed by atoms with E-state index in [1.165, 1.54) is 11.8 Å². The van der Waals surface area contributed by atoms with Crippen molar-refractivity contribution in [2.75, 3.05) is 19.7 Å². The van der Waals surface area contributed by atoms with E-state index in [4.69, 9.17) is 17.0 Å². The Labute approximate surface area is 163 Å². The van der Waals surface area contributed by atoms with Gasteiger partial charge in [0.05, 0.1) is 4.91 Å². The number of ether oxygens (including phenoxy) is 1. The SMILES string of the molecule is CC(C)N1C(=O)/C(=C/c2cccc(OCC(=O)N3CCCC3)c2)SC1=S. The number of benzene rings is 1. The van der Waals surface area contributed by atoms with E-state index >= 15 is 0 Å². The second-order valence-electron chi connectivity index (χ2n) is 6.59. The van der Waals surface area contributed by atoms with Crippen LogP contribution in [0.3, 0.4) is 0 Å². The first-order valence-corrected chi connectivity index (χ1v) is 9.96. The minimum absolute atomic E-state index is 0.0192. The van der Waals surface area contributed by atoms with E-state index in [-0.39, 0.29) is 24.5 Å². The molecule has 0 atom stereocenters. The summed E-state index contributed by atoms with van der Waals surface area (Å²) in [6.45, 7) is 5.57. The fourth-order valence-corrected chi connectivity index (χ4v) is 4.50. The molecular weight excluding hydrogens is 368 g/mol. The second kappa shape index (κ2) is 8.22. The van der Waals surface area contributed by atoms with Crippen LogP contribution in [0.2, 0.25) is 0 Å². The second-order valence-corrected chi connectivity index (χ2v) is 8.27. The van der Waals surface area contributed by atoms with E-state index < -0.39 is 0 Å². The quantitative estimate of drug-likeness (QED) is 0.570. The van der Waals surface area contributed by atoms with Gasteiger partial charge in [-0.2, -0.15) is 0 Å². The highest BCUT2D eigenvalue weighted by Crippen LogP contribution is 2.34. The highest BCUT2D eigenvalue weighted by Gasteiger charge is 2.33. The molecular formula is C19H22N2O3S2. The number of amides is 2. The molecule has 2 aliphatic rings. The molecule has 2 heterocycles. The van der Waals surface area contributed by atoms with Gasteiger partial charge in [0.1, 0.15) is 10.1 Å². The van der Waals surface area contributed by atoms with Gasteiger partial charge < -0.3 is 9.64 Å². The number of carbonyl (C=O) groups excluding carboxylic acids is 2. The first-order chi connectivity index (χ1) is 12.5. The lowest BCUT2D eigenvalue weighted by Crippen LogP contribution is -2.34. The lowest BCUT2D eigenvalue weighted by Gasteiger charge is -2.18. The number of thiocarbonyl (C=S) groups is 1. The van der Waals surface area contributed by atoms with Crippen molar-refractivity contribution < 1.29 is 14.3 Å². The van der Waals surface area contributed by atoms with E-state index in [2.05, 4.69) is 0 Å². The number of thioether (sulfide) groups is 1. The monoisotopic (exact) mass is 390 g/mol. The topological polar surface area (TPSA) is 49.9 Å². The Morgan fingerprint density at radius 2 is 2.08 bits per heavy atom. The van der Waals surface area contributed by atoms with Crippen LogP contribution >= 0.6 is 24.0 Å². The van der Waals surface area contributed by atoms with E-state index in [1.54, 1.807) is 4.90 Å². The number of likely N-dealkylation sites (tertiary alicyclic amines) is 1. The van der Waals surface area contributed by atoms with Gasteiger partial charge in [0, 0.05) is 19.1 Å². The van der Waals surface area contributed by atoms with Crippen molar-refractivity contribution in [3.63, 3.8) is 0 Å². The van der Waals surface area contributed by atoms with Crippen molar-refractivity contribution in [1.82, 2.24) is 9.80 Å². The fourth-order valence-electron chi connectivity index (χ4n) is 2.97. The van der Waals surface area contributed by atoms with Gasteiger partial charge in [-0.05, 0) is 50.5 Å². The van der Waals surface area contributed by atoms with Crippen LogP contribution in [-0.4, -0.2) is 51.7 Å². The van der Waals surface area contributed by atoms with Gasteiger partial charge in [0.15, 0.2) is 6.61 Å². The fraction of sp³-hybridized carbons (Fsp3) is 0.421. The maximum Gasteiger partial charge on any atom is 0.266 e. The summed E-state index contributed by atoms with van der Waals surface area (Å²) in [5.41, 5.74) is 0.848. The van der Waals surface area contributed by atoms with Crippen molar-refractivity contribution in [3.8, 4) is 5.75 Å². The Balaban J connectivity index is 1.66. The van der Waals surface area contributed by atoms with Gasteiger partial charge in [0.2, 0.25) is 0 Å². The maximum atomic E-state index is 12.5. The minimum atomic E-state index is -0.0643. The summed E-state index contributed by atoms with van der Waals surface area (Å²) in [5, 5.41) is 0. The molecule has 1 aromatic carbocycles. The summed E-state index contributed by atoms with van der Waals surface area (Å²) >= 11 is 6.61. The Hall–Kier alpha value is -1.86. The van der Waals surface area contributed by atoms with Crippen molar-refractivity contribution in [1.29, 1.82) is 0 Å². The molecule has 0 bridgehead atoms. The van der Waals surface area contributed by atoms with Gasteiger partial charge in [-0.1, -0.05) is 36.1 Å². The van der Waals surface area contributed by atoms with Crippen LogP contribution in [0, 0.1) is 0 Å². The Morgan fingerprint density at radius 1 is 1.35 bits per heavy atom. The van der Waals surface area contributed by atoms with E-state index in [9.17, 15) is 9.59 Å². The largest absolute Gasteiger partial charge is 0.484 e. The molecule has 2 amide bonds. The molecule has 0 radical (unpaired) electrons. The first kappa shape index (κ1) is 18.9. The van der Waals surface area contributed by atoms with Crippen molar-refractivity contribution >= 4 is 46.2 Å². The predicted molar refractivity (Wildman–Crippen MR) is 108 cm³/mol. The first-order valence-electron chi connectivity index (χ1n) is 8.73. The van der Waals surface area contributed by atoms with Crippen LogP contribution in [0.25, 0.3) is 6.08 Å². The van der Waals surface area contributed by atoms with E-state index in [0.29, 0.717) is 15.0 Å². The summed E-state index contributed by atoms with van der Waals surface area (Å²) in [4.78, 5) is 28.6. The molecule has 0 aromatic heterocycles. The van der Waals surface area contributed by atoms with Gasteiger partial charge >= 0.3 is 0 Å². The number of nitrogens with zero attached hydrogens (tertiary/aromatic N) is 2. The standard InChI is InChI=1S/C19H22N2O3S2/c1-13(2)21-18(23)16(26-19(21)25)11-14-6-5-7-15(10-14)24-12-17(22)20-8-3-4-9-20/h5-7,10-11,13H,3-4,8-9,12H2,1-2H3/b16-11-. The van der Waals surface area contributed by atoms with Crippen LogP contribution in [0.4, 0.5) is 0 Å². The number of rotatable bonds is 5.